The van der Waals surface area contributed by atoms with E-state index in [1.165, 1.54) is 0 Å². The van der Waals surface area contributed by atoms with Crippen LogP contribution in [0.3, 0.4) is 0 Å². The number of aliphatic hydroxyl groups is 1. The zero-order chi connectivity index (χ0) is 16.1. The third-order valence-electron chi connectivity index (χ3n) is 4.47. The van der Waals surface area contributed by atoms with Crippen molar-refractivity contribution in [2.75, 3.05) is 26.2 Å². The van der Waals surface area contributed by atoms with Crippen LogP contribution in [0.25, 0.3) is 0 Å². The summed E-state index contributed by atoms with van der Waals surface area (Å²) in [7, 11) is 0. The molecule has 0 aromatic carbocycles. The number of hydrogen-bond donors (Lipinski definition) is 3. The van der Waals surface area contributed by atoms with Crippen LogP contribution >= 0.6 is 0 Å². The van der Waals surface area contributed by atoms with Crippen LogP contribution < -0.4 is 5.32 Å². The number of hydrogen-bond acceptors (Lipinski definition) is 5. The van der Waals surface area contributed by atoms with E-state index in [1.54, 1.807) is 6.20 Å². The molecule has 2 rings (SSSR count). The number of aromatic hydroxyl groups is 1. The van der Waals surface area contributed by atoms with E-state index in [0.717, 1.165) is 50.1 Å². The first-order valence-corrected chi connectivity index (χ1v) is 8.27. The molecule has 1 atom stereocenters. The van der Waals surface area contributed by atoms with Gasteiger partial charge in [-0.05, 0) is 25.7 Å². The van der Waals surface area contributed by atoms with E-state index in [-0.39, 0.29) is 18.4 Å². The predicted octanol–water partition coefficient (Wildman–Crippen LogP) is 1.97. The average Bonchev–Trinajstić information content (AvgIpc) is 2.52. The molecule has 1 saturated heterocycles. The fourth-order valence-corrected chi connectivity index (χ4v) is 3.14. The second-order valence-corrected chi connectivity index (χ2v) is 6.56. The van der Waals surface area contributed by atoms with Crippen molar-refractivity contribution in [2.24, 2.45) is 5.92 Å². The Hall–Kier alpha value is -1.17. The number of rotatable bonds is 6. The van der Waals surface area contributed by atoms with Crippen molar-refractivity contribution in [2.45, 2.75) is 46.3 Å². The van der Waals surface area contributed by atoms with E-state index >= 15 is 0 Å². The lowest BCUT2D eigenvalue weighted by atomic mass is 9.92. The number of piperazine rings is 1. The third-order valence-corrected chi connectivity index (χ3v) is 4.47. The minimum absolute atomic E-state index is 0.0829. The van der Waals surface area contributed by atoms with Gasteiger partial charge in [-0.2, -0.15) is 0 Å². The maximum Gasteiger partial charge on any atom is 0.141 e. The van der Waals surface area contributed by atoms with Crippen LogP contribution in [0, 0.1) is 12.8 Å². The van der Waals surface area contributed by atoms with E-state index in [9.17, 15) is 10.2 Å². The SMILES string of the molecule is Cc1ncc(CO)c([C@H](CCC(C)C)N2CCNCC2)c1O. The van der Waals surface area contributed by atoms with Crippen molar-refractivity contribution >= 4 is 0 Å². The molecule has 5 nitrogen and oxygen atoms in total. The van der Waals surface area contributed by atoms with Crippen LogP contribution in [0.5, 0.6) is 5.75 Å². The quantitative estimate of drug-likeness (QED) is 0.750. The molecule has 1 aliphatic rings. The van der Waals surface area contributed by atoms with Gasteiger partial charge >= 0.3 is 0 Å². The van der Waals surface area contributed by atoms with Crippen LogP contribution in [0.2, 0.25) is 0 Å². The molecule has 1 aromatic heterocycles. The molecule has 1 aliphatic heterocycles. The van der Waals surface area contributed by atoms with Gasteiger partial charge in [0.25, 0.3) is 0 Å². The maximum absolute atomic E-state index is 10.6. The second kappa shape index (κ2) is 7.90. The lowest BCUT2D eigenvalue weighted by Crippen LogP contribution is -2.45. The van der Waals surface area contributed by atoms with Crippen molar-refractivity contribution in [3.05, 3.63) is 23.0 Å². The first kappa shape index (κ1) is 17.2. The molecule has 0 saturated carbocycles. The van der Waals surface area contributed by atoms with Crippen molar-refractivity contribution in [3.8, 4) is 5.75 Å². The van der Waals surface area contributed by atoms with Gasteiger partial charge in [0.15, 0.2) is 0 Å². The number of aliphatic hydroxyl groups excluding tert-OH is 1. The Morgan fingerprint density at radius 1 is 1.27 bits per heavy atom. The highest BCUT2D eigenvalue weighted by Crippen LogP contribution is 2.37. The number of aryl methyl sites for hydroxylation is 1. The summed E-state index contributed by atoms with van der Waals surface area (Å²) < 4.78 is 0. The second-order valence-electron chi connectivity index (χ2n) is 6.56. The zero-order valence-corrected chi connectivity index (χ0v) is 14.0. The van der Waals surface area contributed by atoms with Gasteiger partial charge in [0.1, 0.15) is 5.75 Å². The summed E-state index contributed by atoms with van der Waals surface area (Å²) in [4.78, 5) is 6.62. The highest BCUT2D eigenvalue weighted by Gasteiger charge is 2.27. The van der Waals surface area contributed by atoms with E-state index in [0.29, 0.717) is 11.6 Å². The molecule has 0 amide bonds. The topological polar surface area (TPSA) is 68.6 Å². The summed E-state index contributed by atoms with van der Waals surface area (Å²) in [6, 6.07) is 0.147. The lowest BCUT2D eigenvalue weighted by molar-refractivity contribution is 0.154. The van der Waals surface area contributed by atoms with E-state index in [1.807, 2.05) is 6.92 Å². The summed E-state index contributed by atoms with van der Waals surface area (Å²) in [5.74, 6) is 0.868. The maximum atomic E-state index is 10.6. The van der Waals surface area contributed by atoms with Crippen LogP contribution in [0.1, 0.15) is 49.6 Å². The summed E-state index contributed by atoms with van der Waals surface area (Å²) >= 11 is 0. The van der Waals surface area contributed by atoms with Gasteiger partial charge in [-0.25, -0.2) is 0 Å². The monoisotopic (exact) mass is 307 g/mol. The van der Waals surface area contributed by atoms with E-state index in [2.05, 4.69) is 29.0 Å². The molecule has 0 radical (unpaired) electrons. The molecule has 0 spiro atoms. The Kier molecular flexibility index (Phi) is 6.17. The molecule has 1 aromatic rings. The molecule has 5 heteroatoms. The highest BCUT2D eigenvalue weighted by molar-refractivity contribution is 5.43. The molecule has 22 heavy (non-hydrogen) atoms. The molecule has 124 valence electrons. The molecular formula is C17H29N3O2. The van der Waals surface area contributed by atoms with Crippen molar-refractivity contribution in [1.29, 1.82) is 0 Å². The third kappa shape index (κ3) is 3.97. The smallest absolute Gasteiger partial charge is 0.141 e. The zero-order valence-electron chi connectivity index (χ0n) is 14.0. The van der Waals surface area contributed by atoms with Crippen molar-refractivity contribution < 1.29 is 10.2 Å². The molecule has 1 fully saturated rings. The molecule has 2 heterocycles. The Bertz CT molecular complexity index is 485. The molecule has 3 N–H and O–H groups in total. The highest BCUT2D eigenvalue weighted by atomic mass is 16.3. The minimum Gasteiger partial charge on any atom is -0.506 e. The molecule has 0 unspecified atom stereocenters. The Labute approximate surface area is 133 Å². The molecule has 0 bridgehead atoms. The predicted molar refractivity (Wildman–Crippen MR) is 87.8 cm³/mol. The van der Waals surface area contributed by atoms with Gasteiger partial charge in [0.2, 0.25) is 0 Å². The average molecular weight is 307 g/mol. The standard InChI is InChI=1S/C17H29N3O2/c1-12(2)4-5-15(20-8-6-18-7-9-20)16-14(11-21)10-19-13(3)17(16)22/h10,12,15,18,21-22H,4-9,11H2,1-3H3/t15-/m0/s1. The Morgan fingerprint density at radius 3 is 2.55 bits per heavy atom. The van der Waals surface area contributed by atoms with E-state index < -0.39 is 0 Å². The largest absolute Gasteiger partial charge is 0.506 e. The normalized spacial score (nSPS) is 17.9. The summed E-state index contributed by atoms with van der Waals surface area (Å²) in [6.45, 7) is 10.0. The van der Waals surface area contributed by atoms with Crippen LogP contribution in [0.4, 0.5) is 0 Å². The van der Waals surface area contributed by atoms with Gasteiger partial charge in [0, 0.05) is 49.5 Å². The van der Waals surface area contributed by atoms with E-state index in [4.69, 9.17) is 0 Å². The van der Waals surface area contributed by atoms with Gasteiger partial charge in [-0.15, -0.1) is 0 Å². The Balaban J connectivity index is 2.36. The van der Waals surface area contributed by atoms with Crippen molar-refractivity contribution in [1.82, 2.24) is 15.2 Å². The van der Waals surface area contributed by atoms with Gasteiger partial charge in [-0.3, -0.25) is 9.88 Å². The van der Waals surface area contributed by atoms with Crippen LogP contribution in [-0.2, 0) is 6.61 Å². The first-order chi connectivity index (χ1) is 10.5. The summed E-state index contributed by atoms with van der Waals surface area (Å²) in [6.07, 6.45) is 3.79. The molecular weight excluding hydrogens is 278 g/mol. The first-order valence-electron chi connectivity index (χ1n) is 8.27. The fourth-order valence-electron chi connectivity index (χ4n) is 3.14. The van der Waals surface area contributed by atoms with Gasteiger partial charge in [0.05, 0.1) is 12.3 Å². The summed E-state index contributed by atoms with van der Waals surface area (Å²) in [5, 5.41) is 23.6. The van der Waals surface area contributed by atoms with Crippen LogP contribution in [-0.4, -0.2) is 46.3 Å². The number of nitrogens with one attached hydrogen (secondary N) is 1. The Morgan fingerprint density at radius 2 is 1.95 bits per heavy atom. The minimum atomic E-state index is -0.0829. The van der Waals surface area contributed by atoms with Gasteiger partial charge in [-0.1, -0.05) is 13.8 Å². The lowest BCUT2D eigenvalue weighted by Gasteiger charge is -2.36. The van der Waals surface area contributed by atoms with Gasteiger partial charge < -0.3 is 15.5 Å². The molecule has 0 aliphatic carbocycles. The van der Waals surface area contributed by atoms with Crippen LogP contribution in [0.15, 0.2) is 6.20 Å². The fraction of sp³-hybridized carbons (Fsp3) is 0.706. The van der Waals surface area contributed by atoms with Crippen molar-refractivity contribution in [3.63, 3.8) is 0 Å². The number of pyridine rings is 1. The number of nitrogens with zero attached hydrogens (tertiary/aromatic N) is 2. The summed E-state index contributed by atoms with van der Waals surface area (Å²) in [5.41, 5.74) is 2.25. The number of aromatic nitrogens is 1.